The van der Waals surface area contributed by atoms with Crippen molar-refractivity contribution in [1.29, 1.82) is 0 Å². The Kier molecular flexibility index (Phi) is 6.12. The summed E-state index contributed by atoms with van der Waals surface area (Å²) in [5.74, 6) is -1.70. The van der Waals surface area contributed by atoms with E-state index in [-0.39, 0.29) is 23.2 Å². The first-order valence-electron chi connectivity index (χ1n) is 7.51. The van der Waals surface area contributed by atoms with Crippen LogP contribution < -0.4 is 5.32 Å². The highest BCUT2D eigenvalue weighted by atomic mass is 19.1. The fraction of sp³-hybridized carbons (Fsp3) is 0.222. The molecule has 0 aliphatic heterocycles. The summed E-state index contributed by atoms with van der Waals surface area (Å²) in [4.78, 5) is 16.2. The predicted molar refractivity (Wildman–Crippen MR) is 88.4 cm³/mol. The maximum Gasteiger partial charge on any atom is 0.255 e. The van der Waals surface area contributed by atoms with Crippen molar-refractivity contribution in [3.05, 3.63) is 65.2 Å². The van der Waals surface area contributed by atoms with Crippen LogP contribution in [0.1, 0.15) is 29.3 Å². The molecule has 0 aromatic heterocycles. The van der Waals surface area contributed by atoms with Crippen LogP contribution in [0.4, 0.5) is 18.9 Å². The monoisotopic (exact) mass is 334 g/mol. The van der Waals surface area contributed by atoms with E-state index in [1.807, 2.05) is 0 Å². The van der Waals surface area contributed by atoms with E-state index in [2.05, 4.69) is 10.3 Å². The van der Waals surface area contributed by atoms with E-state index in [4.69, 9.17) is 0 Å². The maximum absolute atomic E-state index is 14.3. The van der Waals surface area contributed by atoms with Gasteiger partial charge < -0.3 is 5.32 Å². The first-order chi connectivity index (χ1) is 11.5. The van der Waals surface area contributed by atoms with Crippen molar-refractivity contribution in [2.75, 3.05) is 18.5 Å². The van der Waals surface area contributed by atoms with Crippen molar-refractivity contribution in [1.82, 2.24) is 0 Å². The molecule has 0 atom stereocenters. The van der Waals surface area contributed by atoms with Gasteiger partial charge >= 0.3 is 0 Å². The molecule has 0 heterocycles. The second kappa shape index (κ2) is 8.29. The number of benzene rings is 2. The Labute approximate surface area is 138 Å². The van der Waals surface area contributed by atoms with Crippen molar-refractivity contribution < 1.29 is 18.0 Å². The molecule has 0 bridgehead atoms. The number of aliphatic imine (C=N–C) groups is 1. The second-order valence-electron chi connectivity index (χ2n) is 5.02. The molecule has 0 aliphatic carbocycles. The third-order valence-electron chi connectivity index (χ3n) is 3.30. The minimum absolute atomic E-state index is 0.0135. The molecule has 2 aromatic rings. The molecule has 2 aromatic carbocycles. The highest BCUT2D eigenvalue weighted by Crippen LogP contribution is 2.16. The van der Waals surface area contributed by atoms with Crippen molar-refractivity contribution in [3.8, 4) is 0 Å². The number of nitrogens with zero attached hydrogens (tertiary/aromatic N) is 1. The summed E-state index contributed by atoms with van der Waals surface area (Å²) in [7, 11) is 0. The van der Waals surface area contributed by atoms with E-state index >= 15 is 0 Å². The van der Waals surface area contributed by atoms with E-state index < -0.39 is 24.2 Å². The number of alkyl halides is 1. The molecule has 24 heavy (non-hydrogen) atoms. The number of hydrogen-bond acceptors (Lipinski definition) is 2. The summed E-state index contributed by atoms with van der Waals surface area (Å²) in [5.41, 5.74) is 0.859. The number of amides is 1. The zero-order valence-corrected chi connectivity index (χ0v) is 13.2. The number of hydrogen-bond donors (Lipinski definition) is 1. The zero-order chi connectivity index (χ0) is 17.5. The zero-order valence-electron chi connectivity index (χ0n) is 13.2. The lowest BCUT2D eigenvalue weighted by atomic mass is 10.0. The molecule has 126 valence electrons. The van der Waals surface area contributed by atoms with Crippen LogP contribution in [0.2, 0.25) is 0 Å². The van der Waals surface area contributed by atoms with Gasteiger partial charge in [-0.05, 0) is 43.3 Å². The van der Waals surface area contributed by atoms with Gasteiger partial charge in [-0.3, -0.25) is 14.2 Å². The molecular formula is C18H17F3N2O. The second-order valence-corrected chi connectivity index (χ2v) is 5.02. The maximum atomic E-state index is 14.3. The lowest BCUT2D eigenvalue weighted by Gasteiger charge is -2.09. The lowest BCUT2D eigenvalue weighted by molar-refractivity contribution is 0.102. The van der Waals surface area contributed by atoms with Crippen LogP contribution in [-0.4, -0.2) is 24.8 Å². The van der Waals surface area contributed by atoms with E-state index in [9.17, 15) is 18.0 Å². The highest BCUT2D eigenvalue weighted by molar-refractivity contribution is 6.06. The van der Waals surface area contributed by atoms with E-state index in [0.717, 1.165) is 12.1 Å². The smallest absolute Gasteiger partial charge is 0.255 e. The largest absolute Gasteiger partial charge is 0.322 e. The van der Waals surface area contributed by atoms with Gasteiger partial charge in [-0.2, -0.15) is 0 Å². The third-order valence-corrected chi connectivity index (χ3v) is 3.30. The Morgan fingerprint density at radius 2 is 1.96 bits per heavy atom. The molecule has 0 saturated heterocycles. The first-order valence-corrected chi connectivity index (χ1v) is 7.51. The minimum atomic E-state index is -0.650. The Balaban J connectivity index is 2.22. The summed E-state index contributed by atoms with van der Waals surface area (Å²) in [5, 5.41) is 2.49. The van der Waals surface area contributed by atoms with Crippen LogP contribution in [0.5, 0.6) is 0 Å². The van der Waals surface area contributed by atoms with E-state index in [1.54, 1.807) is 6.92 Å². The highest BCUT2D eigenvalue weighted by Gasteiger charge is 2.14. The first kappa shape index (κ1) is 17.7. The molecule has 0 unspecified atom stereocenters. The molecule has 2 rings (SSSR count). The topological polar surface area (TPSA) is 41.5 Å². The van der Waals surface area contributed by atoms with Crippen LogP contribution in [0.25, 0.3) is 0 Å². The molecule has 3 nitrogen and oxygen atoms in total. The average molecular weight is 334 g/mol. The normalized spacial score (nSPS) is 11.4. The van der Waals surface area contributed by atoms with E-state index in [1.165, 1.54) is 30.3 Å². The molecule has 1 amide bonds. The standard InChI is InChI=1S/C18H17F3N2O/c1-2-22-17(8-9-19)15-7-6-12(10-16(15)21)18(24)23-14-5-3-4-13(20)11-14/h3-7,10-11H,2,8-9H2,1H3,(H,23,24). The van der Waals surface area contributed by atoms with Gasteiger partial charge in [0.2, 0.25) is 0 Å². The molecule has 6 heteroatoms. The molecule has 0 radical (unpaired) electrons. The van der Waals surface area contributed by atoms with Crippen molar-refractivity contribution in [2.45, 2.75) is 13.3 Å². The lowest BCUT2D eigenvalue weighted by Crippen LogP contribution is -2.14. The fourth-order valence-electron chi connectivity index (χ4n) is 2.24. The molecule has 0 spiro atoms. The number of nitrogens with one attached hydrogen (secondary N) is 1. The Morgan fingerprint density at radius 3 is 2.58 bits per heavy atom. The van der Waals surface area contributed by atoms with E-state index in [0.29, 0.717) is 12.3 Å². The third kappa shape index (κ3) is 4.44. The minimum Gasteiger partial charge on any atom is -0.322 e. The van der Waals surface area contributed by atoms with Crippen molar-refractivity contribution in [3.63, 3.8) is 0 Å². The van der Waals surface area contributed by atoms with Crippen molar-refractivity contribution in [2.24, 2.45) is 4.99 Å². The molecule has 1 N–H and O–H groups in total. The number of rotatable bonds is 6. The summed E-state index contributed by atoms with van der Waals surface area (Å²) in [6.45, 7) is 1.55. The molecule has 0 saturated carbocycles. The average Bonchev–Trinajstić information content (AvgIpc) is 2.54. The number of carbonyl (C=O) groups is 1. The number of anilines is 1. The fourth-order valence-corrected chi connectivity index (χ4v) is 2.24. The summed E-state index contributed by atoms with van der Waals surface area (Å²) in [6, 6.07) is 9.29. The molecule has 0 aliphatic rings. The summed E-state index contributed by atoms with van der Waals surface area (Å²) >= 11 is 0. The molecule has 0 fully saturated rings. The van der Waals surface area contributed by atoms with Crippen LogP contribution in [0.3, 0.4) is 0 Å². The van der Waals surface area contributed by atoms with Gasteiger partial charge in [-0.1, -0.05) is 6.07 Å². The number of carbonyl (C=O) groups excluding carboxylic acids is 1. The Hall–Kier alpha value is -2.63. The van der Waals surface area contributed by atoms with Gasteiger partial charge in [-0.25, -0.2) is 8.78 Å². The van der Waals surface area contributed by atoms with Gasteiger partial charge in [0, 0.05) is 35.5 Å². The Bertz CT molecular complexity index is 760. The Morgan fingerprint density at radius 1 is 1.17 bits per heavy atom. The summed E-state index contributed by atoms with van der Waals surface area (Å²) in [6.07, 6.45) is 0.0135. The van der Waals surface area contributed by atoms with Gasteiger partial charge in [0.1, 0.15) is 11.6 Å². The quantitative estimate of drug-likeness (QED) is 0.782. The van der Waals surface area contributed by atoms with Crippen LogP contribution >= 0.6 is 0 Å². The van der Waals surface area contributed by atoms with Crippen LogP contribution in [0, 0.1) is 11.6 Å². The number of halogens is 3. The molecular weight excluding hydrogens is 317 g/mol. The SMILES string of the molecule is CCN=C(CCF)c1ccc(C(=O)Nc2cccc(F)c2)cc1F. The van der Waals surface area contributed by atoms with Gasteiger partial charge in [0.05, 0.1) is 6.67 Å². The van der Waals surface area contributed by atoms with Gasteiger partial charge in [0.25, 0.3) is 5.91 Å². The van der Waals surface area contributed by atoms with Crippen molar-refractivity contribution >= 4 is 17.3 Å². The van der Waals surface area contributed by atoms with Crippen LogP contribution in [-0.2, 0) is 0 Å². The van der Waals surface area contributed by atoms with Gasteiger partial charge in [0.15, 0.2) is 0 Å². The van der Waals surface area contributed by atoms with Crippen LogP contribution in [0.15, 0.2) is 47.5 Å². The summed E-state index contributed by atoms with van der Waals surface area (Å²) < 4.78 is 40.0. The van der Waals surface area contributed by atoms with Gasteiger partial charge in [-0.15, -0.1) is 0 Å². The predicted octanol–water partition coefficient (Wildman–Crippen LogP) is 4.39.